The average molecular weight is 362 g/mol. The fraction of sp³-hybridized carbons (Fsp3) is 0.278. The van der Waals surface area contributed by atoms with E-state index in [-0.39, 0.29) is 5.91 Å². The lowest BCUT2D eigenvalue weighted by Gasteiger charge is -2.15. The first-order valence-corrected chi connectivity index (χ1v) is 7.99. The van der Waals surface area contributed by atoms with Crippen molar-refractivity contribution in [3.63, 3.8) is 0 Å². The van der Waals surface area contributed by atoms with Crippen LogP contribution in [0.1, 0.15) is 23.6 Å². The molecule has 2 rings (SSSR count). The summed E-state index contributed by atoms with van der Waals surface area (Å²) in [5, 5.41) is 2.84. The maximum absolute atomic E-state index is 12.1. The van der Waals surface area contributed by atoms with Crippen LogP contribution in [0.15, 0.2) is 46.9 Å². The van der Waals surface area contributed by atoms with E-state index in [4.69, 9.17) is 4.74 Å². The third kappa shape index (κ3) is 4.68. The van der Waals surface area contributed by atoms with Gasteiger partial charge in [0, 0.05) is 10.2 Å². The van der Waals surface area contributed by atoms with E-state index in [9.17, 15) is 4.79 Å². The van der Waals surface area contributed by atoms with Gasteiger partial charge in [-0.15, -0.1) is 0 Å². The largest absolute Gasteiger partial charge is 0.364 e. The summed E-state index contributed by atoms with van der Waals surface area (Å²) in [6.45, 7) is 6.31. The van der Waals surface area contributed by atoms with Gasteiger partial charge in [-0.05, 0) is 56.2 Å². The lowest BCUT2D eigenvalue weighted by molar-refractivity contribution is -0.127. The van der Waals surface area contributed by atoms with Gasteiger partial charge >= 0.3 is 0 Å². The van der Waals surface area contributed by atoms with Gasteiger partial charge in [0.25, 0.3) is 5.91 Å². The molecule has 22 heavy (non-hydrogen) atoms. The van der Waals surface area contributed by atoms with Gasteiger partial charge in [0.2, 0.25) is 0 Å². The number of rotatable bonds is 5. The molecule has 2 aromatic carbocycles. The molecule has 3 nitrogen and oxygen atoms in total. The Hall–Kier alpha value is -1.65. The summed E-state index contributed by atoms with van der Waals surface area (Å²) >= 11 is 3.37. The quantitative estimate of drug-likeness (QED) is 0.844. The molecule has 0 fully saturated rings. The summed E-state index contributed by atoms with van der Waals surface area (Å²) in [5.74, 6) is -0.146. The minimum absolute atomic E-state index is 0.146. The maximum Gasteiger partial charge on any atom is 0.253 e. The average Bonchev–Trinajstić information content (AvgIpc) is 2.48. The summed E-state index contributed by atoms with van der Waals surface area (Å²) in [6.07, 6.45) is -0.510. The van der Waals surface area contributed by atoms with E-state index < -0.39 is 6.10 Å². The Balaban J connectivity index is 1.89. The summed E-state index contributed by atoms with van der Waals surface area (Å²) in [7, 11) is 0. The van der Waals surface area contributed by atoms with Crippen molar-refractivity contribution >= 4 is 27.5 Å². The molecule has 0 aliphatic rings. The second-order valence-corrected chi connectivity index (χ2v) is 6.29. The first-order chi connectivity index (χ1) is 10.5. The van der Waals surface area contributed by atoms with Crippen LogP contribution in [-0.2, 0) is 16.1 Å². The zero-order chi connectivity index (χ0) is 16.1. The van der Waals surface area contributed by atoms with Crippen molar-refractivity contribution in [3.8, 4) is 0 Å². The Morgan fingerprint density at radius 3 is 2.50 bits per heavy atom. The minimum atomic E-state index is -0.510. The number of halogens is 1. The highest BCUT2D eigenvalue weighted by atomic mass is 79.9. The lowest BCUT2D eigenvalue weighted by atomic mass is 10.1. The molecule has 1 atom stereocenters. The fourth-order valence-electron chi connectivity index (χ4n) is 2.08. The van der Waals surface area contributed by atoms with Gasteiger partial charge in [-0.2, -0.15) is 0 Å². The Kier molecular flexibility index (Phi) is 5.75. The van der Waals surface area contributed by atoms with Crippen LogP contribution in [0.4, 0.5) is 5.69 Å². The zero-order valence-corrected chi connectivity index (χ0v) is 14.6. The highest BCUT2D eigenvalue weighted by molar-refractivity contribution is 9.10. The van der Waals surface area contributed by atoms with Gasteiger partial charge in [0.1, 0.15) is 6.10 Å². The molecule has 1 unspecified atom stereocenters. The van der Waals surface area contributed by atoms with Crippen LogP contribution in [0.2, 0.25) is 0 Å². The Morgan fingerprint density at radius 1 is 1.18 bits per heavy atom. The Morgan fingerprint density at radius 2 is 1.86 bits per heavy atom. The van der Waals surface area contributed by atoms with Crippen molar-refractivity contribution in [2.24, 2.45) is 0 Å². The number of amides is 1. The number of hydrogen-bond donors (Lipinski definition) is 1. The number of aryl methyl sites for hydroxylation is 2. The standard InChI is InChI=1S/C18H20BrNO2/c1-12-4-5-15(13(2)10-12)11-22-14(3)18(21)20-17-8-6-16(19)7-9-17/h4-10,14H,11H2,1-3H3,(H,20,21). The SMILES string of the molecule is Cc1ccc(COC(C)C(=O)Nc2ccc(Br)cc2)c(C)c1. The second kappa shape index (κ2) is 7.56. The number of ether oxygens (including phenoxy) is 1. The second-order valence-electron chi connectivity index (χ2n) is 5.38. The van der Waals surface area contributed by atoms with Crippen LogP contribution in [0.3, 0.4) is 0 Å². The molecule has 0 aliphatic carbocycles. The molecule has 0 heterocycles. The first-order valence-electron chi connectivity index (χ1n) is 7.20. The molecule has 0 aliphatic heterocycles. The number of carbonyl (C=O) groups is 1. The first kappa shape index (κ1) is 16.7. The van der Waals surface area contributed by atoms with Gasteiger partial charge in [-0.3, -0.25) is 4.79 Å². The van der Waals surface area contributed by atoms with Crippen molar-refractivity contribution in [1.82, 2.24) is 0 Å². The van der Waals surface area contributed by atoms with Crippen molar-refractivity contribution in [2.75, 3.05) is 5.32 Å². The number of nitrogens with one attached hydrogen (secondary N) is 1. The molecule has 0 saturated heterocycles. The van der Waals surface area contributed by atoms with E-state index >= 15 is 0 Å². The molecule has 1 amide bonds. The van der Waals surface area contributed by atoms with E-state index in [0.29, 0.717) is 6.61 Å². The summed E-state index contributed by atoms with van der Waals surface area (Å²) < 4.78 is 6.66. The third-order valence-electron chi connectivity index (χ3n) is 3.47. The van der Waals surface area contributed by atoms with E-state index in [2.05, 4.69) is 47.2 Å². The number of anilines is 1. The highest BCUT2D eigenvalue weighted by Gasteiger charge is 2.14. The lowest BCUT2D eigenvalue weighted by Crippen LogP contribution is -2.27. The van der Waals surface area contributed by atoms with Crippen LogP contribution in [0, 0.1) is 13.8 Å². The molecule has 0 spiro atoms. The summed E-state index contributed by atoms with van der Waals surface area (Å²) in [6, 6.07) is 13.7. The molecule has 1 N–H and O–H groups in total. The summed E-state index contributed by atoms with van der Waals surface area (Å²) in [5.41, 5.74) is 4.27. The predicted molar refractivity (Wildman–Crippen MR) is 92.9 cm³/mol. The van der Waals surface area contributed by atoms with E-state index in [1.54, 1.807) is 6.92 Å². The maximum atomic E-state index is 12.1. The predicted octanol–water partition coefficient (Wildman–Crippen LogP) is 4.61. The minimum Gasteiger partial charge on any atom is -0.364 e. The topological polar surface area (TPSA) is 38.3 Å². The highest BCUT2D eigenvalue weighted by Crippen LogP contribution is 2.16. The van der Waals surface area contributed by atoms with Crippen LogP contribution >= 0.6 is 15.9 Å². The number of benzene rings is 2. The van der Waals surface area contributed by atoms with Gasteiger partial charge in [-0.25, -0.2) is 0 Å². The van der Waals surface area contributed by atoms with Gasteiger partial charge in [0.15, 0.2) is 0 Å². The molecule has 0 radical (unpaired) electrons. The van der Waals surface area contributed by atoms with Crippen molar-refractivity contribution in [3.05, 3.63) is 63.6 Å². The summed E-state index contributed by atoms with van der Waals surface area (Å²) in [4.78, 5) is 12.1. The van der Waals surface area contributed by atoms with Crippen molar-refractivity contribution < 1.29 is 9.53 Å². The fourth-order valence-corrected chi connectivity index (χ4v) is 2.34. The van der Waals surface area contributed by atoms with Crippen molar-refractivity contribution in [1.29, 1.82) is 0 Å². The number of hydrogen-bond acceptors (Lipinski definition) is 2. The molecular formula is C18H20BrNO2. The Bertz CT molecular complexity index is 653. The van der Waals surface area contributed by atoms with E-state index in [1.165, 1.54) is 11.1 Å². The molecule has 2 aromatic rings. The smallest absolute Gasteiger partial charge is 0.253 e. The van der Waals surface area contributed by atoms with Crippen molar-refractivity contribution in [2.45, 2.75) is 33.5 Å². The van der Waals surface area contributed by atoms with Gasteiger partial charge in [0.05, 0.1) is 6.61 Å². The molecular weight excluding hydrogens is 342 g/mol. The van der Waals surface area contributed by atoms with Crippen LogP contribution < -0.4 is 5.32 Å². The van der Waals surface area contributed by atoms with Crippen LogP contribution in [0.5, 0.6) is 0 Å². The molecule has 0 saturated carbocycles. The van der Waals surface area contributed by atoms with E-state index in [1.807, 2.05) is 30.3 Å². The normalized spacial score (nSPS) is 12.0. The van der Waals surface area contributed by atoms with Crippen LogP contribution in [-0.4, -0.2) is 12.0 Å². The Labute approximate surface area is 139 Å². The number of carbonyl (C=O) groups excluding carboxylic acids is 1. The van der Waals surface area contributed by atoms with Crippen LogP contribution in [0.25, 0.3) is 0 Å². The monoisotopic (exact) mass is 361 g/mol. The third-order valence-corrected chi connectivity index (χ3v) is 4.00. The van der Waals surface area contributed by atoms with E-state index in [0.717, 1.165) is 15.7 Å². The molecule has 116 valence electrons. The molecule has 0 bridgehead atoms. The van der Waals surface area contributed by atoms with Gasteiger partial charge < -0.3 is 10.1 Å². The molecule has 0 aromatic heterocycles. The zero-order valence-electron chi connectivity index (χ0n) is 13.0. The van der Waals surface area contributed by atoms with Gasteiger partial charge in [-0.1, -0.05) is 39.7 Å². The molecule has 4 heteroatoms.